The van der Waals surface area contributed by atoms with E-state index in [0.29, 0.717) is 0 Å². The minimum Gasteiger partial charge on any atom is -0.313 e. The number of aliphatic imine (C=N–C) groups is 1. The van der Waals surface area contributed by atoms with Crippen LogP contribution >= 0.6 is 0 Å². The van der Waals surface area contributed by atoms with Crippen molar-refractivity contribution in [1.29, 1.82) is 0 Å². The minimum atomic E-state index is 0.0233. The van der Waals surface area contributed by atoms with Crippen molar-refractivity contribution < 1.29 is 0 Å². The van der Waals surface area contributed by atoms with E-state index in [9.17, 15) is 0 Å². The molecule has 0 aliphatic carbocycles. The molecule has 0 spiro atoms. The normalized spacial score (nSPS) is 14.8. The van der Waals surface area contributed by atoms with Crippen LogP contribution in [0.25, 0.3) is 66.1 Å². The summed E-state index contributed by atoms with van der Waals surface area (Å²) >= 11 is 0. The summed E-state index contributed by atoms with van der Waals surface area (Å²) in [5, 5.41) is 5.03. The van der Waals surface area contributed by atoms with Crippen LogP contribution in [0.3, 0.4) is 0 Å². The van der Waals surface area contributed by atoms with Crippen LogP contribution in [0.15, 0.2) is 187 Å². The van der Waals surface area contributed by atoms with Gasteiger partial charge in [0, 0.05) is 39.4 Å². The number of rotatable bonds is 5. The van der Waals surface area contributed by atoms with Gasteiger partial charge < -0.3 is 9.13 Å². The molecule has 9 aromatic rings. The van der Waals surface area contributed by atoms with Crippen LogP contribution in [0.2, 0.25) is 0 Å². The molecule has 0 radical (unpaired) electrons. The van der Waals surface area contributed by atoms with Crippen molar-refractivity contribution in [3.63, 3.8) is 0 Å². The molecule has 50 heavy (non-hydrogen) atoms. The molecule has 0 saturated carbocycles. The van der Waals surface area contributed by atoms with Crippen molar-refractivity contribution in [2.45, 2.75) is 12.5 Å². The fourth-order valence-corrected chi connectivity index (χ4v) is 7.92. The van der Waals surface area contributed by atoms with Crippen molar-refractivity contribution >= 4 is 55.0 Å². The smallest absolute Gasteiger partial charge is 0.0811 e. The van der Waals surface area contributed by atoms with E-state index in [-0.39, 0.29) is 6.04 Å². The standard InChI is InChI=1S/C47H33N3/c1-4-14-32(15-5-1)42-30-37(31-43(48-42)33-16-6-2-7-17-33)50-44-22-12-10-20-38(44)40-26-24-35(29-47(40)50)34-25-27-46-41(28-34)39-21-11-13-23-45(39)49(46)36-18-8-3-9-19-36/h1-30,43H,31H2. The summed E-state index contributed by atoms with van der Waals surface area (Å²) in [4.78, 5) is 5.31. The monoisotopic (exact) mass is 639 g/mol. The van der Waals surface area contributed by atoms with Gasteiger partial charge in [-0.3, -0.25) is 4.99 Å². The lowest BCUT2D eigenvalue weighted by Gasteiger charge is -2.24. The zero-order chi connectivity index (χ0) is 33.0. The lowest BCUT2D eigenvalue weighted by Crippen LogP contribution is -2.13. The Kier molecular flexibility index (Phi) is 6.63. The number of aromatic nitrogens is 2. The number of allylic oxidation sites excluding steroid dienone is 1. The van der Waals surface area contributed by atoms with Crippen LogP contribution < -0.4 is 0 Å². The highest BCUT2D eigenvalue weighted by Gasteiger charge is 2.24. The van der Waals surface area contributed by atoms with Gasteiger partial charge in [-0.05, 0) is 70.8 Å². The largest absolute Gasteiger partial charge is 0.313 e. The van der Waals surface area contributed by atoms with Gasteiger partial charge in [-0.2, -0.15) is 0 Å². The Labute approximate surface area is 290 Å². The van der Waals surface area contributed by atoms with Gasteiger partial charge in [0.1, 0.15) is 0 Å². The molecule has 3 heterocycles. The molecule has 10 rings (SSSR count). The van der Waals surface area contributed by atoms with Crippen molar-refractivity contribution in [2.75, 3.05) is 0 Å². The Hall–Kier alpha value is -6.45. The zero-order valence-electron chi connectivity index (χ0n) is 27.4. The molecule has 3 nitrogen and oxygen atoms in total. The topological polar surface area (TPSA) is 22.2 Å². The van der Waals surface area contributed by atoms with E-state index in [4.69, 9.17) is 4.99 Å². The Morgan fingerprint density at radius 2 is 0.980 bits per heavy atom. The van der Waals surface area contributed by atoms with E-state index < -0.39 is 0 Å². The first kappa shape index (κ1) is 28.6. The predicted molar refractivity (Wildman–Crippen MR) is 210 cm³/mol. The SMILES string of the molecule is C1=C(n2c3ccccc3c3ccc(-c4ccc5c(c4)c4ccccc4n5-c4ccccc4)cc32)CC(c2ccccc2)N=C1c1ccccc1. The van der Waals surface area contributed by atoms with Gasteiger partial charge in [0.05, 0.1) is 33.8 Å². The highest BCUT2D eigenvalue weighted by molar-refractivity contribution is 6.16. The first-order chi connectivity index (χ1) is 24.8. The van der Waals surface area contributed by atoms with E-state index in [1.807, 2.05) is 0 Å². The minimum absolute atomic E-state index is 0.0233. The van der Waals surface area contributed by atoms with Gasteiger partial charge in [-0.15, -0.1) is 0 Å². The second-order valence-electron chi connectivity index (χ2n) is 13.2. The van der Waals surface area contributed by atoms with Crippen molar-refractivity contribution in [3.05, 3.63) is 193 Å². The summed E-state index contributed by atoms with van der Waals surface area (Å²) in [5.41, 5.74) is 13.1. The van der Waals surface area contributed by atoms with Gasteiger partial charge in [0.15, 0.2) is 0 Å². The number of hydrogen-bond acceptors (Lipinski definition) is 1. The second kappa shape index (κ2) is 11.6. The van der Waals surface area contributed by atoms with E-state index >= 15 is 0 Å². The molecule has 1 unspecified atom stereocenters. The van der Waals surface area contributed by atoms with E-state index in [2.05, 4.69) is 191 Å². The van der Waals surface area contributed by atoms with Gasteiger partial charge >= 0.3 is 0 Å². The maximum absolute atomic E-state index is 5.31. The molecule has 1 aliphatic heterocycles. The average Bonchev–Trinajstić information content (AvgIpc) is 3.71. The van der Waals surface area contributed by atoms with Crippen molar-refractivity contribution in [2.24, 2.45) is 4.99 Å². The maximum Gasteiger partial charge on any atom is 0.0811 e. The van der Waals surface area contributed by atoms with Crippen LogP contribution in [-0.2, 0) is 0 Å². The summed E-state index contributed by atoms with van der Waals surface area (Å²) in [5.74, 6) is 0. The van der Waals surface area contributed by atoms with Crippen LogP contribution in [-0.4, -0.2) is 14.8 Å². The Bertz CT molecular complexity index is 2770. The molecular formula is C47H33N3. The molecule has 0 fully saturated rings. The fraction of sp³-hybridized carbons (Fsp3) is 0.0426. The molecular weight excluding hydrogens is 607 g/mol. The Balaban J connectivity index is 1.17. The summed E-state index contributed by atoms with van der Waals surface area (Å²) in [7, 11) is 0. The first-order valence-corrected chi connectivity index (χ1v) is 17.3. The molecule has 0 amide bonds. The summed E-state index contributed by atoms with van der Waals surface area (Å²) in [6.07, 6.45) is 3.11. The van der Waals surface area contributed by atoms with Gasteiger partial charge in [0.25, 0.3) is 0 Å². The molecule has 1 atom stereocenters. The molecule has 0 bridgehead atoms. The first-order valence-electron chi connectivity index (χ1n) is 17.3. The van der Waals surface area contributed by atoms with E-state index in [1.54, 1.807) is 0 Å². The maximum atomic E-state index is 5.31. The summed E-state index contributed by atoms with van der Waals surface area (Å²) in [6.45, 7) is 0. The van der Waals surface area contributed by atoms with Crippen molar-refractivity contribution in [1.82, 2.24) is 9.13 Å². The van der Waals surface area contributed by atoms with Gasteiger partial charge in [-0.25, -0.2) is 0 Å². The second-order valence-corrected chi connectivity index (χ2v) is 13.2. The average molecular weight is 640 g/mol. The molecule has 7 aromatic carbocycles. The molecule has 3 heteroatoms. The van der Waals surface area contributed by atoms with Crippen LogP contribution in [0.5, 0.6) is 0 Å². The highest BCUT2D eigenvalue weighted by Crippen LogP contribution is 2.41. The zero-order valence-corrected chi connectivity index (χ0v) is 27.4. The molecule has 0 saturated heterocycles. The Morgan fingerprint density at radius 3 is 1.74 bits per heavy atom. The lowest BCUT2D eigenvalue weighted by atomic mass is 9.96. The third kappa shape index (κ3) is 4.62. The van der Waals surface area contributed by atoms with Crippen LogP contribution in [0.1, 0.15) is 23.6 Å². The number of dihydropyridines is 1. The van der Waals surface area contributed by atoms with E-state index in [0.717, 1.165) is 17.7 Å². The number of hydrogen-bond donors (Lipinski definition) is 0. The van der Waals surface area contributed by atoms with Crippen LogP contribution in [0.4, 0.5) is 0 Å². The fourth-order valence-electron chi connectivity index (χ4n) is 7.92. The third-order valence-corrected chi connectivity index (χ3v) is 10.2. The number of benzene rings is 7. The summed E-state index contributed by atoms with van der Waals surface area (Å²) in [6, 6.07) is 63.4. The summed E-state index contributed by atoms with van der Waals surface area (Å²) < 4.78 is 4.86. The van der Waals surface area contributed by atoms with Gasteiger partial charge in [-0.1, -0.05) is 133 Å². The lowest BCUT2D eigenvalue weighted by molar-refractivity contribution is 0.730. The number of fused-ring (bicyclic) bond motifs is 6. The molecule has 236 valence electrons. The number of nitrogens with zero attached hydrogens (tertiary/aromatic N) is 3. The predicted octanol–water partition coefficient (Wildman–Crippen LogP) is 12.0. The van der Waals surface area contributed by atoms with Crippen LogP contribution in [0, 0.1) is 0 Å². The molecule has 1 aliphatic rings. The van der Waals surface area contributed by atoms with E-state index in [1.165, 1.54) is 71.7 Å². The third-order valence-electron chi connectivity index (χ3n) is 10.2. The Morgan fingerprint density at radius 1 is 0.420 bits per heavy atom. The molecule has 0 N–H and O–H groups in total. The quantitative estimate of drug-likeness (QED) is 0.179. The molecule has 2 aromatic heterocycles. The highest BCUT2D eigenvalue weighted by atomic mass is 15.0. The van der Waals surface area contributed by atoms with Gasteiger partial charge in [0.2, 0.25) is 0 Å². The van der Waals surface area contributed by atoms with Crippen molar-refractivity contribution in [3.8, 4) is 16.8 Å². The number of para-hydroxylation sites is 3.